The van der Waals surface area contributed by atoms with Gasteiger partial charge in [-0.3, -0.25) is 9.89 Å². The van der Waals surface area contributed by atoms with Gasteiger partial charge >= 0.3 is 0 Å². The summed E-state index contributed by atoms with van der Waals surface area (Å²) in [5, 5.41) is 6.65. The normalized spacial score (nSPS) is 15.5. The Balaban J connectivity index is 1.85. The second-order valence-electron chi connectivity index (χ2n) is 6.42. The summed E-state index contributed by atoms with van der Waals surface area (Å²) in [6.45, 7) is 2.70. The van der Waals surface area contributed by atoms with Gasteiger partial charge in [0.05, 0.1) is 0 Å². The SMILES string of the molecule is Cc1cccc(CN(C(=O)c2cc(N)n[nH]2)C2CCCCC2)c1. The van der Waals surface area contributed by atoms with Crippen molar-refractivity contribution in [3.05, 3.63) is 47.2 Å². The third kappa shape index (κ3) is 3.73. The van der Waals surface area contributed by atoms with E-state index in [9.17, 15) is 4.79 Å². The molecule has 0 unspecified atom stereocenters. The van der Waals surface area contributed by atoms with Gasteiger partial charge in [-0.25, -0.2) is 0 Å². The van der Waals surface area contributed by atoms with Crippen LogP contribution in [0.2, 0.25) is 0 Å². The second kappa shape index (κ2) is 6.86. The summed E-state index contributed by atoms with van der Waals surface area (Å²) >= 11 is 0. The van der Waals surface area contributed by atoms with Crippen molar-refractivity contribution >= 4 is 11.7 Å². The largest absolute Gasteiger partial charge is 0.382 e. The molecule has 0 spiro atoms. The Morgan fingerprint density at radius 1 is 1.30 bits per heavy atom. The number of aromatic amines is 1. The first kappa shape index (κ1) is 15.6. The van der Waals surface area contributed by atoms with Crippen LogP contribution in [0.3, 0.4) is 0 Å². The van der Waals surface area contributed by atoms with Gasteiger partial charge in [0.15, 0.2) is 0 Å². The highest BCUT2D eigenvalue weighted by molar-refractivity contribution is 5.93. The van der Waals surface area contributed by atoms with E-state index >= 15 is 0 Å². The van der Waals surface area contributed by atoms with Gasteiger partial charge in [0.25, 0.3) is 5.91 Å². The van der Waals surface area contributed by atoms with Gasteiger partial charge in [-0.1, -0.05) is 49.1 Å². The lowest BCUT2D eigenvalue weighted by Gasteiger charge is -2.34. The molecule has 1 amide bonds. The Morgan fingerprint density at radius 3 is 2.74 bits per heavy atom. The van der Waals surface area contributed by atoms with Crippen molar-refractivity contribution in [1.29, 1.82) is 0 Å². The van der Waals surface area contributed by atoms with Crippen LogP contribution in [0.25, 0.3) is 0 Å². The number of carbonyl (C=O) groups excluding carboxylic acids is 1. The molecule has 1 aliphatic rings. The van der Waals surface area contributed by atoms with Crippen LogP contribution in [0, 0.1) is 6.92 Å². The van der Waals surface area contributed by atoms with Crippen LogP contribution in [0.4, 0.5) is 5.82 Å². The van der Waals surface area contributed by atoms with E-state index in [1.807, 2.05) is 11.0 Å². The molecule has 3 N–H and O–H groups in total. The molecule has 0 radical (unpaired) electrons. The summed E-state index contributed by atoms with van der Waals surface area (Å²) in [6.07, 6.45) is 5.78. The number of aryl methyl sites for hydroxylation is 1. The maximum absolute atomic E-state index is 12.9. The first-order valence-electron chi connectivity index (χ1n) is 8.31. The topological polar surface area (TPSA) is 75.0 Å². The molecule has 1 aromatic heterocycles. The van der Waals surface area contributed by atoms with Crippen molar-refractivity contribution in [2.24, 2.45) is 0 Å². The molecule has 122 valence electrons. The standard InChI is InChI=1S/C18H24N4O/c1-13-6-5-7-14(10-13)12-22(15-8-3-2-4-9-15)18(23)16-11-17(19)21-20-16/h5-7,10-11,15H,2-4,8-9,12H2,1H3,(H3,19,20,21). The van der Waals surface area contributed by atoms with E-state index in [4.69, 9.17) is 5.73 Å². The summed E-state index contributed by atoms with van der Waals surface area (Å²) in [7, 11) is 0. The molecule has 5 heteroatoms. The zero-order chi connectivity index (χ0) is 16.2. The van der Waals surface area contributed by atoms with Crippen molar-refractivity contribution in [3.63, 3.8) is 0 Å². The van der Waals surface area contributed by atoms with Gasteiger partial charge in [0.1, 0.15) is 11.5 Å². The molecule has 0 aliphatic heterocycles. The highest BCUT2D eigenvalue weighted by Crippen LogP contribution is 2.25. The van der Waals surface area contributed by atoms with Gasteiger partial charge < -0.3 is 10.6 Å². The minimum Gasteiger partial charge on any atom is -0.382 e. The maximum Gasteiger partial charge on any atom is 0.272 e. The average molecular weight is 312 g/mol. The van der Waals surface area contributed by atoms with Crippen LogP contribution in [0.15, 0.2) is 30.3 Å². The summed E-state index contributed by atoms with van der Waals surface area (Å²) in [6, 6.07) is 10.3. The Hall–Kier alpha value is -2.30. The van der Waals surface area contributed by atoms with Crippen molar-refractivity contribution in [1.82, 2.24) is 15.1 Å². The minimum atomic E-state index is -0.0115. The number of rotatable bonds is 4. The van der Waals surface area contributed by atoms with Crippen LogP contribution in [-0.2, 0) is 6.54 Å². The fourth-order valence-corrected chi connectivity index (χ4v) is 3.37. The van der Waals surface area contributed by atoms with Gasteiger partial charge in [-0.2, -0.15) is 5.10 Å². The summed E-state index contributed by atoms with van der Waals surface area (Å²) in [5.74, 6) is 0.343. The number of benzene rings is 1. The van der Waals surface area contributed by atoms with Crippen LogP contribution >= 0.6 is 0 Å². The van der Waals surface area contributed by atoms with Gasteiger partial charge in [0, 0.05) is 18.7 Å². The minimum absolute atomic E-state index is 0.0115. The fraction of sp³-hybridized carbons (Fsp3) is 0.444. The Bertz CT molecular complexity index is 673. The van der Waals surface area contributed by atoms with Crippen molar-refractivity contribution < 1.29 is 4.79 Å². The molecule has 23 heavy (non-hydrogen) atoms. The van der Waals surface area contributed by atoms with Crippen LogP contribution in [0.5, 0.6) is 0 Å². The van der Waals surface area contributed by atoms with E-state index in [-0.39, 0.29) is 5.91 Å². The first-order valence-corrected chi connectivity index (χ1v) is 8.31. The zero-order valence-corrected chi connectivity index (χ0v) is 13.6. The molecule has 1 aromatic carbocycles. The van der Waals surface area contributed by atoms with Crippen molar-refractivity contribution in [2.45, 2.75) is 51.6 Å². The molecule has 3 rings (SSSR count). The Kier molecular flexibility index (Phi) is 4.65. The number of nitrogens with two attached hydrogens (primary N) is 1. The van der Waals surface area contributed by atoms with Crippen LogP contribution < -0.4 is 5.73 Å². The predicted molar refractivity (Wildman–Crippen MR) is 90.9 cm³/mol. The summed E-state index contributed by atoms with van der Waals surface area (Å²) in [4.78, 5) is 14.9. The van der Waals surface area contributed by atoms with Crippen molar-refractivity contribution in [3.8, 4) is 0 Å². The molecule has 0 atom stereocenters. The molecule has 0 saturated heterocycles. The molecule has 2 aromatic rings. The predicted octanol–water partition coefficient (Wildman–Crippen LogP) is 3.28. The summed E-state index contributed by atoms with van der Waals surface area (Å²) in [5.41, 5.74) is 8.50. The lowest BCUT2D eigenvalue weighted by atomic mass is 9.93. The van der Waals surface area contributed by atoms with Crippen LogP contribution in [-0.4, -0.2) is 27.0 Å². The van der Waals surface area contributed by atoms with E-state index in [0.29, 0.717) is 24.1 Å². The van der Waals surface area contributed by atoms with Crippen LogP contribution in [0.1, 0.15) is 53.7 Å². The van der Waals surface area contributed by atoms with E-state index < -0.39 is 0 Å². The Labute approximate surface area is 136 Å². The number of hydrogen-bond acceptors (Lipinski definition) is 3. The zero-order valence-electron chi connectivity index (χ0n) is 13.6. The third-order valence-corrected chi connectivity index (χ3v) is 4.54. The lowest BCUT2D eigenvalue weighted by Crippen LogP contribution is -2.41. The lowest BCUT2D eigenvalue weighted by molar-refractivity contribution is 0.0608. The molecule has 1 heterocycles. The fourth-order valence-electron chi connectivity index (χ4n) is 3.37. The number of anilines is 1. The third-order valence-electron chi connectivity index (χ3n) is 4.54. The summed E-state index contributed by atoms with van der Waals surface area (Å²) < 4.78 is 0. The molecule has 5 nitrogen and oxygen atoms in total. The number of carbonyl (C=O) groups is 1. The number of hydrogen-bond donors (Lipinski definition) is 2. The quantitative estimate of drug-likeness (QED) is 0.909. The van der Waals surface area contributed by atoms with E-state index in [1.165, 1.54) is 24.8 Å². The smallest absolute Gasteiger partial charge is 0.272 e. The molecular weight excluding hydrogens is 288 g/mol. The maximum atomic E-state index is 12.9. The highest BCUT2D eigenvalue weighted by atomic mass is 16.2. The van der Waals surface area contributed by atoms with Gasteiger partial charge in [0.2, 0.25) is 0 Å². The van der Waals surface area contributed by atoms with Crippen molar-refractivity contribution in [2.75, 3.05) is 5.73 Å². The molecular formula is C18H24N4O. The number of aromatic nitrogens is 2. The number of nitrogen functional groups attached to an aromatic ring is 1. The number of nitrogens with one attached hydrogen (secondary N) is 1. The van der Waals surface area contributed by atoms with E-state index in [2.05, 4.69) is 35.3 Å². The number of amides is 1. The second-order valence-corrected chi connectivity index (χ2v) is 6.42. The van der Waals surface area contributed by atoms with E-state index in [1.54, 1.807) is 6.07 Å². The number of nitrogens with zero attached hydrogens (tertiary/aromatic N) is 2. The first-order chi connectivity index (χ1) is 11.1. The van der Waals surface area contributed by atoms with Gasteiger partial charge in [-0.05, 0) is 25.3 Å². The molecule has 1 saturated carbocycles. The molecule has 0 bridgehead atoms. The Morgan fingerprint density at radius 2 is 2.09 bits per heavy atom. The number of H-pyrrole nitrogens is 1. The molecule has 1 aliphatic carbocycles. The average Bonchev–Trinajstić information content (AvgIpc) is 2.99. The van der Waals surface area contributed by atoms with Gasteiger partial charge in [-0.15, -0.1) is 0 Å². The van der Waals surface area contributed by atoms with E-state index in [0.717, 1.165) is 18.4 Å². The molecule has 1 fully saturated rings. The highest BCUT2D eigenvalue weighted by Gasteiger charge is 2.27. The monoisotopic (exact) mass is 312 g/mol.